The number of carbonyl (C=O) groups excluding carboxylic acids is 1. The van der Waals surface area contributed by atoms with E-state index in [-0.39, 0.29) is 5.91 Å². The van der Waals surface area contributed by atoms with Crippen molar-refractivity contribution in [1.82, 2.24) is 9.97 Å². The summed E-state index contributed by atoms with van der Waals surface area (Å²) in [6.45, 7) is 1.47. The van der Waals surface area contributed by atoms with Crippen LogP contribution in [0.2, 0.25) is 0 Å². The second-order valence-corrected chi connectivity index (χ2v) is 4.79. The molecule has 0 aliphatic rings. The van der Waals surface area contributed by atoms with Gasteiger partial charge in [0.25, 0.3) is 0 Å². The first kappa shape index (κ1) is 14.3. The van der Waals surface area contributed by atoms with Crippen molar-refractivity contribution >= 4 is 39.2 Å². The van der Waals surface area contributed by atoms with E-state index in [1.807, 2.05) is 12.1 Å². The second-order valence-electron chi connectivity index (χ2n) is 3.93. The summed E-state index contributed by atoms with van der Waals surface area (Å²) in [4.78, 5) is 19.3. The number of amides is 1. The molecule has 0 fully saturated rings. The maximum atomic E-state index is 10.9. The van der Waals surface area contributed by atoms with E-state index >= 15 is 0 Å². The van der Waals surface area contributed by atoms with Crippen LogP contribution >= 0.6 is 15.9 Å². The molecule has 0 unspecified atom stereocenters. The number of rotatable bonds is 4. The highest BCUT2D eigenvalue weighted by Crippen LogP contribution is 2.23. The van der Waals surface area contributed by atoms with Gasteiger partial charge in [-0.2, -0.15) is 4.98 Å². The zero-order chi connectivity index (χ0) is 14.5. The van der Waals surface area contributed by atoms with Crippen molar-refractivity contribution < 1.29 is 9.53 Å². The van der Waals surface area contributed by atoms with E-state index in [4.69, 9.17) is 4.74 Å². The molecule has 0 atom stereocenters. The summed E-state index contributed by atoms with van der Waals surface area (Å²) >= 11 is 3.29. The molecule has 1 aromatic heterocycles. The first-order valence-electron chi connectivity index (χ1n) is 5.79. The average Bonchev–Trinajstić information content (AvgIpc) is 2.42. The summed E-state index contributed by atoms with van der Waals surface area (Å²) in [6.07, 6.45) is 1.61. The van der Waals surface area contributed by atoms with Gasteiger partial charge in [0.15, 0.2) is 0 Å². The van der Waals surface area contributed by atoms with Crippen LogP contribution in [-0.2, 0) is 4.79 Å². The number of anilines is 3. The van der Waals surface area contributed by atoms with Gasteiger partial charge in [0, 0.05) is 18.3 Å². The quantitative estimate of drug-likeness (QED) is 0.897. The van der Waals surface area contributed by atoms with Crippen molar-refractivity contribution in [2.45, 2.75) is 6.92 Å². The standard InChI is InChI=1S/C13H13BrN4O2/c1-8(19)16-9-3-5-10(6-4-9)17-13-15-7-11(14)12(18-13)20-2/h3-7H,1-2H3,(H,16,19)(H,15,17,18). The van der Waals surface area contributed by atoms with Crippen LogP contribution in [0, 0.1) is 0 Å². The summed E-state index contributed by atoms with van der Waals surface area (Å²) < 4.78 is 5.79. The lowest BCUT2D eigenvalue weighted by atomic mass is 10.3. The molecule has 2 N–H and O–H groups in total. The third kappa shape index (κ3) is 3.67. The third-order valence-corrected chi connectivity index (χ3v) is 2.91. The Kier molecular flexibility index (Phi) is 4.52. The molecule has 1 heterocycles. The average molecular weight is 337 g/mol. The maximum Gasteiger partial charge on any atom is 0.232 e. The van der Waals surface area contributed by atoms with Crippen molar-refractivity contribution in [3.05, 3.63) is 34.9 Å². The molecular weight excluding hydrogens is 324 g/mol. The van der Waals surface area contributed by atoms with Crippen LogP contribution in [0.4, 0.5) is 17.3 Å². The number of carbonyl (C=O) groups is 1. The smallest absolute Gasteiger partial charge is 0.232 e. The number of benzene rings is 1. The van der Waals surface area contributed by atoms with E-state index < -0.39 is 0 Å². The minimum Gasteiger partial charge on any atom is -0.480 e. The molecule has 7 heteroatoms. The van der Waals surface area contributed by atoms with Crippen LogP contribution < -0.4 is 15.4 Å². The molecule has 2 rings (SSSR count). The van der Waals surface area contributed by atoms with Crippen LogP contribution in [0.25, 0.3) is 0 Å². The fraction of sp³-hybridized carbons (Fsp3) is 0.154. The number of methoxy groups -OCH3 is 1. The lowest BCUT2D eigenvalue weighted by Gasteiger charge is -2.08. The zero-order valence-electron chi connectivity index (χ0n) is 11.0. The Hall–Kier alpha value is -2.15. The minimum atomic E-state index is -0.105. The van der Waals surface area contributed by atoms with Gasteiger partial charge in [-0.05, 0) is 40.2 Å². The number of ether oxygens (including phenoxy) is 1. The van der Waals surface area contributed by atoms with Gasteiger partial charge in [0.1, 0.15) is 0 Å². The Morgan fingerprint density at radius 2 is 1.90 bits per heavy atom. The van der Waals surface area contributed by atoms with E-state index in [1.165, 1.54) is 6.92 Å². The first-order valence-corrected chi connectivity index (χ1v) is 6.59. The normalized spacial score (nSPS) is 9.95. The van der Waals surface area contributed by atoms with Gasteiger partial charge < -0.3 is 15.4 Å². The second kappa shape index (κ2) is 6.33. The van der Waals surface area contributed by atoms with E-state index in [0.29, 0.717) is 16.3 Å². The largest absolute Gasteiger partial charge is 0.480 e. The van der Waals surface area contributed by atoms with Crippen LogP contribution in [0.15, 0.2) is 34.9 Å². The van der Waals surface area contributed by atoms with Crippen LogP contribution in [-0.4, -0.2) is 23.0 Å². The predicted molar refractivity (Wildman–Crippen MR) is 80.3 cm³/mol. The SMILES string of the molecule is COc1nc(Nc2ccc(NC(C)=O)cc2)ncc1Br. The first-order chi connectivity index (χ1) is 9.58. The third-order valence-electron chi connectivity index (χ3n) is 2.37. The summed E-state index contributed by atoms with van der Waals surface area (Å²) in [5.41, 5.74) is 1.54. The molecule has 1 aromatic carbocycles. The van der Waals surface area contributed by atoms with Crippen LogP contribution in [0.5, 0.6) is 5.88 Å². The number of halogens is 1. The molecule has 0 saturated heterocycles. The molecule has 0 saturated carbocycles. The number of nitrogens with one attached hydrogen (secondary N) is 2. The highest BCUT2D eigenvalue weighted by Gasteiger charge is 2.05. The molecule has 0 aliphatic carbocycles. The molecule has 104 valence electrons. The number of nitrogens with zero attached hydrogens (tertiary/aromatic N) is 2. The van der Waals surface area contributed by atoms with E-state index in [1.54, 1.807) is 25.4 Å². The number of hydrogen-bond donors (Lipinski definition) is 2. The van der Waals surface area contributed by atoms with Crippen molar-refractivity contribution in [3.8, 4) is 5.88 Å². The zero-order valence-corrected chi connectivity index (χ0v) is 12.6. The Bertz CT molecular complexity index is 616. The Morgan fingerprint density at radius 3 is 2.50 bits per heavy atom. The molecule has 20 heavy (non-hydrogen) atoms. The summed E-state index contributed by atoms with van der Waals surface area (Å²) in [7, 11) is 1.54. The molecular formula is C13H13BrN4O2. The summed E-state index contributed by atoms with van der Waals surface area (Å²) in [6, 6.07) is 7.23. The van der Waals surface area contributed by atoms with E-state index in [9.17, 15) is 4.79 Å². The van der Waals surface area contributed by atoms with Gasteiger partial charge >= 0.3 is 0 Å². The monoisotopic (exact) mass is 336 g/mol. The Morgan fingerprint density at radius 1 is 1.25 bits per heavy atom. The minimum absolute atomic E-state index is 0.105. The van der Waals surface area contributed by atoms with Crippen molar-refractivity contribution in [2.75, 3.05) is 17.7 Å². The molecule has 0 radical (unpaired) electrons. The van der Waals surface area contributed by atoms with E-state index in [2.05, 4.69) is 36.5 Å². The lowest BCUT2D eigenvalue weighted by Crippen LogP contribution is -2.05. The van der Waals surface area contributed by atoms with Gasteiger partial charge in [0.2, 0.25) is 17.7 Å². The summed E-state index contributed by atoms with van der Waals surface area (Å²) in [5.74, 6) is 0.779. The molecule has 2 aromatic rings. The van der Waals surface area contributed by atoms with Crippen molar-refractivity contribution in [2.24, 2.45) is 0 Å². The topological polar surface area (TPSA) is 76.1 Å². The van der Waals surface area contributed by atoms with Gasteiger partial charge in [-0.1, -0.05) is 0 Å². The van der Waals surface area contributed by atoms with Gasteiger partial charge in [-0.3, -0.25) is 4.79 Å². The number of aromatic nitrogens is 2. The van der Waals surface area contributed by atoms with Crippen molar-refractivity contribution in [3.63, 3.8) is 0 Å². The Balaban J connectivity index is 2.11. The molecule has 1 amide bonds. The van der Waals surface area contributed by atoms with Gasteiger partial charge in [-0.25, -0.2) is 4.98 Å². The predicted octanol–water partition coefficient (Wildman–Crippen LogP) is 2.95. The Labute approximate surface area is 124 Å². The van der Waals surface area contributed by atoms with Crippen LogP contribution in [0.3, 0.4) is 0 Å². The molecule has 0 aliphatic heterocycles. The van der Waals surface area contributed by atoms with Gasteiger partial charge in [-0.15, -0.1) is 0 Å². The van der Waals surface area contributed by atoms with E-state index in [0.717, 1.165) is 11.4 Å². The fourth-order valence-corrected chi connectivity index (χ4v) is 1.88. The summed E-state index contributed by atoms with van der Waals surface area (Å²) in [5, 5.41) is 5.75. The lowest BCUT2D eigenvalue weighted by molar-refractivity contribution is -0.114. The highest BCUT2D eigenvalue weighted by atomic mass is 79.9. The van der Waals surface area contributed by atoms with Crippen molar-refractivity contribution in [1.29, 1.82) is 0 Å². The molecule has 0 spiro atoms. The molecule has 0 bridgehead atoms. The number of hydrogen-bond acceptors (Lipinski definition) is 5. The fourth-order valence-electron chi connectivity index (χ4n) is 1.52. The van der Waals surface area contributed by atoms with Crippen LogP contribution in [0.1, 0.15) is 6.92 Å². The highest BCUT2D eigenvalue weighted by molar-refractivity contribution is 9.10. The molecule has 6 nitrogen and oxygen atoms in total. The maximum absolute atomic E-state index is 10.9. The van der Waals surface area contributed by atoms with Gasteiger partial charge in [0.05, 0.1) is 17.8 Å².